The molecule has 0 aliphatic carbocycles. The van der Waals surface area contributed by atoms with Crippen LogP contribution in [0.2, 0.25) is 5.02 Å². The van der Waals surface area contributed by atoms with Crippen molar-refractivity contribution in [3.8, 4) is 5.69 Å². The van der Waals surface area contributed by atoms with Gasteiger partial charge in [0.05, 0.1) is 12.0 Å². The van der Waals surface area contributed by atoms with Crippen LogP contribution in [0.1, 0.15) is 11.1 Å². The number of rotatable bonds is 5. The van der Waals surface area contributed by atoms with Gasteiger partial charge in [0, 0.05) is 37.6 Å². The Morgan fingerprint density at radius 3 is 2.35 bits per heavy atom. The fourth-order valence-electron chi connectivity index (χ4n) is 2.53. The lowest BCUT2D eigenvalue weighted by atomic mass is 10.1. The van der Waals surface area contributed by atoms with Crippen molar-refractivity contribution < 1.29 is 0 Å². The van der Waals surface area contributed by atoms with Crippen molar-refractivity contribution in [2.24, 2.45) is 4.99 Å². The minimum Gasteiger partial charge on any atom is -0.352 e. The number of hydrogen-bond donors (Lipinski definition) is 2. The van der Waals surface area contributed by atoms with Gasteiger partial charge in [-0.2, -0.15) is 0 Å². The van der Waals surface area contributed by atoms with Gasteiger partial charge in [0.2, 0.25) is 0 Å². The summed E-state index contributed by atoms with van der Waals surface area (Å²) in [4.78, 5) is 8.39. The first-order valence-corrected chi connectivity index (χ1v) is 8.40. The zero-order valence-electron chi connectivity index (χ0n) is 14.4. The molecule has 0 atom stereocenters. The summed E-state index contributed by atoms with van der Waals surface area (Å²) in [5, 5.41) is 7.37. The third-order valence-corrected chi connectivity index (χ3v) is 4.22. The van der Waals surface area contributed by atoms with Crippen LogP contribution in [-0.2, 0) is 13.1 Å². The van der Waals surface area contributed by atoms with Gasteiger partial charge in [0.15, 0.2) is 5.96 Å². The van der Waals surface area contributed by atoms with Crippen LogP contribution in [0.5, 0.6) is 0 Å². The van der Waals surface area contributed by atoms with Crippen LogP contribution in [0.25, 0.3) is 5.69 Å². The van der Waals surface area contributed by atoms with E-state index in [1.54, 1.807) is 19.6 Å². The van der Waals surface area contributed by atoms with Gasteiger partial charge in [-0.3, -0.25) is 4.99 Å². The monoisotopic (exact) mass is 481 g/mol. The van der Waals surface area contributed by atoms with Crippen LogP contribution in [0.3, 0.4) is 0 Å². The molecule has 0 bridgehead atoms. The molecule has 26 heavy (non-hydrogen) atoms. The molecule has 136 valence electrons. The van der Waals surface area contributed by atoms with Crippen LogP contribution >= 0.6 is 35.6 Å². The van der Waals surface area contributed by atoms with Crippen molar-refractivity contribution in [2.45, 2.75) is 13.1 Å². The fraction of sp³-hybridized carbons (Fsp3) is 0.158. The number of para-hydroxylation sites is 1. The van der Waals surface area contributed by atoms with Crippen molar-refractivity contribution >= 4 is 41.5 Å². The van der Waals surface area contributed by atoms with Crippen LogP contribution in [-0.4, -0.2) is 22.6 Å². The average Bonchev–Trinajstić information content (AvgIpc) is 3.18. The molecule has 0 saturated heterocycles. The standard InChI is InChI=1S/C19H20ClN5.HI/c1-21-19(23-12-15-6-2-4-8-17(15)20)24-13-16-7-3-5-9-18(16)25-11-10-22-14-25;/h2-11,14H,12-13H2,1H3,(H2,21,23,24);1H. The van der Waals surface area contributed by atoms with Crippen LogP contribution < -0.4 is 10.6 Å². The summed E-state index contributed by atoms with van der Waals surface area (Å²) < 4.78 is 2.00. The molecule has 3 aromatic rings. The topological polar surface area (TPSA) is 54.2 Å². The largest absolute Gasteiger partial charge is 0.352 e. The van der Waals surface area contributed by atoms with E-state index in [9.17, 15) is 0 Å². The number of imidazole rings is 1. The van der Waals surface area contributed by atoms with Crippen LogP contribution in [0.4, 0.5) is 0 Å². The second-order valence-corrected chi connectivity index (χ2v) is 5.88. The first kappa shape index (κ1) is 20.3. The van der Waals surface area contributed by atoms with Crippen LogP contribution in [0.15, 0.2) is 72.2 Å². The van der Waals surface area contributed by atoms with Crippen LogP contribution in [0, 0.1) is 0 Å². The van der Waals surface area contributed by atoms with E-state index in [1.807, 2.05) is 47.2 Å². The van der Waals surface area contributed by atoms with Crippen molar-refractivity contribution in [2.75, 3.05) is 7.05 Å². The third-order valence-electron chi connectivity index (χ3n) is 3.85. The molecule has 0 unspecified atom stereocenters. The minimum absolute atomic E-state index is 0. The van der Waals surface area contributed by atoms with Crippen molar-refractivity contribution in [3.05, 3.63) is 83.4 Å². The predicted octanol–water partition coefficient (Wildman–Crippen LogP) is 4.01. The highest BCUT2D eigenvalue weighted by molar-refractivity contribution is 14.0. The number of aromatic nitrogens is 2. The molecule has 0 aliphatic heterocycles. The first-order chi connectivity index (χ1) is 12.3. The number of halogens is 2. The summed E-state index contributed by atoms with van der Waals surface area (Å²) in [7, 11) is 1.75. The Balaban J connectivity index is 0.00000243. The molecule has 0 fully saturated rings. The normalized spacial score (nSPS) is 10.9. The molecular weight excluding hydrogens is 461 g/mol. The maximum absolute atomic E-state index is 6.19. The Morgan fingerprint density at radius 1 is 1.04 bits per heavy atom. The molecule has 1 aromatic heterocycles. The molecule has 3 rings (SSSR count). The molecule has 0 radical (unpaired) electrons. The zero-order chi connectivity index (χ0) is 17.5. The van der Waals surface area contributed by atoms with Gasteiger partial charge in [0.25, 0.3) is 0 Å². The van der Waals surface area contributed by atoms with Crippen molar-refractivity contribution in [3.63, 3.8) is 0 Å². The molecule has 0 amide bonds. The third kappa shape index (κ3) is 5.22. The molecule has 2 N–H and O–H groups in total. The molecular formula is C19H21ClIN5. The van der Waals surface area contributed by atoms with E-state index in [4.69, 9.17) is 11.6 Å². The molecule has 7 heteroatoms. The van der Waals surface area contributed by atoms with Gasteiger partial charge in [-0.05, 0) is 23.3 Å². The summed E-state index contributed by atoms with van der Waals surface area (Å²) in [5.74, 6) is 0.723. The minimum atomic E-state index is 0. The van der Waals surface area contributed by atoms with Gasteiger partial charge >= 0.3 is 0 Å². The number of nitrogens with zero attached hydrogens (tertiary/aromatic N) is 3. The van der Waals surface area contributed by atoms with E-state index in [1.165, 1.54) is 0 Å². The van der Waals surface area contributed by atoms with Crippen molar-refractivity contribution in [1.82, 2.24) is 20.2 Å². The van der Waals surface area contributed by atoms with E-state index in [0.29, 0.717) is 13.1 Å². The van der Waals surface area contributed by atoms with Gasteiger partial charge in [-0.25, -0.2) is 4.98 Å². The fourth-order valence-corrected chi connectivity index (χ4v) is 2.74. The molecule has 0 spiro atoms. The predicted molar refractivity (Wildman–Crippen MR) is 117 cm³/mol. The smallest absolute Gasteiger partial charge is 0.191 e. The molecule has 1 heterocycles. The molecule has 0 saturated carbocycles. The number of hydrogen-bond acceptors (Lipinski definition) is 2. The van der Waals surface area contributed by atoms with Gasteiger partial charge in [0.1, 0.15) is 0 Å². The maximum atomic E-state index is 6.19. The Bertz CT molecular complexity index is 849. The van der Waals surface area contributed by atoms with Gasteiger partial charge in [-0.15, -0.1) is 24.0 Å². The van der Waals surface area contributed by atoms with E-state index in [2.05, 4.69) is 32.7 Å². The molecule has 0 aliphatic rings. The highest BCUT2D eigenvalue weighted by atomic mass is 127. The van der Waals surface area contributed by atoms with Gasteiger partial charge < -0.3 is 15.2 Å². The van der Waals surface area contributed by atoms with Gasteiger partial charge in [-0.1, -0.05) is 48.0 Å². The van der Waals surface area contributed by atoms with E-state index in [-0.39, 0.29) is 24.0 Å². The van der Waals surface area contributed by atoms with Crippen molar-refractivity contribution in [1.29, 1.82) is 0 Å². The Labute approximate surface area is 175 Å². The Hall–Kier alpha value is -2.06. The van der Waals surface area contributed by atoms with E-state index >= 15 is 0 Å². The maximum Gasteiger partial charge on any atom is 0.191 e. The van der Waals surface area contributed by atoms with E-state index in [0.717, 1.165) is 27.8 Å². The highest BCUT2D eigenvalue weighted by Crippen LogP contribution is 2.15. The molecule has 5 nitrogen and oxygen atoms in total. The lowest BCUT2D eigenvalue weighted by molar-refractivity contribution is 0.804. The first-order valence-electron chi connectivity index (χ1n) is 8.02. The summed E-state index contributed by atoms with van der Waals surface area (Å²) in [6.45, 7) is 1.26. The second-order valence-electron chi connectivity index (χ2n) is 5.47. The number of nitrogens with one attached hydrogen (secondary N) is 2. The zero-order valence-corrected chi connectivity index (χ0v) is 17.5. The Morgan fingerprint density at radius 2 is 1.69 bits per heavy atom. The lowest BCUT2D eigenvalue weighted by Crippen LogP contribution is -2.36. The summed E-state index contributed by atoms with van der Waals surface area (Å²) >= 11 is 6.19. The number of aliphatic imine (C=N–C) groups is 1. The molecule has 2 aromatic carbocycles. The van der Waals surface area contributed by atoms with E-state index < -0.39 is 0 Å². The quantitative estimate of drug-likeness (QED) is 0.329. The SMILES string of the molecule is CN=C(NCc1ccccc1Cl)NCc1ccccc1-n1ccnc1.I. The Kier molecular flexibility index (Phi) is 7.93. The second kappa shape index (κ2) is 10.2. The average molecular weight is 482 g/mol. The summed E-state index contributed by atoms with van der Waals surface area (Å²) in [6, 6.07) is 16.0. The lowest BCUT2D eigenvalue weighted by Gasteiger charge is -2.15. The highest BCUT2D eigenvalue weighted by Gasteiger charge is 2.06. The number of benzene rings is 2. The number of guanidine groups is 1. The summed E-state index contributed by atoms with van der Waals surface area (Å²) in [6.07, 6.45) is 5.50. The summed E-state index contributed by atoms with van der Waals surface area (Å²) in [5.41, 5.74) is 3.28.